The number of rotatable bonds is 5. The van der Waals surface area contributed by atoms with Crippen molar-refractivity contribution in [3.8, 4) is 0 Å². The van der Waals surface area contributed by atoms with Crippen LogP contribution in [0.1, 0.15) is 50.5 Å². The number of halogens is 1. The van der Waals surface area contributed by atoms with E-state index < -0.39 is 5.97 Å². The zero-order valence-corrected chi connectivity index (χ0v) is 15.5. The van der Waals surface area contributed by atoms with Crippen LogP contribution in [0, 0.1) is 0 Å². The molecule has 2 N–H and O–H groups in total. The molecule has 0 atom stereocenters. The fourth-order valence-corrected chi connectivity index (χ4v) is 4.78. The summed E-state index contributed by atoms with van der Waals surface area (Å²) in [7, 11) is 0. The Morgan fingerprint density at radius 1 is 1.33 bits per heavy atom. The Hall–Kier alpha value is -0.910. The van der Waals surface area contributed by atoms with Gasteiger partial charge in [0, 0.05) is 35.5 Å². The predicted octanol–water partition coefficient (Wildman–Crippen LogP) is 4.50. The quantitative estimate of drug-likeness (QED) is 0.749. The van der Waals surface area contributed by atoms with E-state index in [0.717, 1.165) is 23.7 Å². The van der Waals surface area contributed by atoms with E-state index in [1.807, 2.05) is 0 Å². The first-order chi connectivity index (χ1) is 11.6. The van der Waals surface area contributed by atoms with Crippen LogP contribution < -0.4 is 9.62 Å². The average Bonchev–Trinajstić information content (AvgIpc) is 2.77. The molecule has 2 aliphatic rings. The van der Waals surface area contributed by atoms with Crippen LogP contribution in [-0.2, 0) is 11.2 Å². The summed E-state index contributed by atoms with van der Waals surface area (Å²) >= 11 is 8.20. The number of nitrogens with zero attached hydrogens (tertiary/aromatic N) is 1. The second-order valence-corrected chi connectivity index (χ2v) is 7.98. The van der Waals surface area contributed by atoms with Gasteiger partial charge in [-0.05, 0) is 55.3 Å². The van der Waals surface area contributed by atoms with Gasteiger partial charge in [-0.25, -0.2) is 0 Å². The molecule has 6 heteroatoms. The molecule has 1 aliphatic heterocycles. The van der Waals surface area contributed by atoms with Crippen molar-refractivity contribution in [1.82, 2.24) is 4.72 Å². The van der Waals surface area contributed by atoms with Crippen molar-refractivity contribution >= 4 is 35.2 Å². The molecule has 0 saturated heterocycles. The number of carboxylic acid groups (broad SMARTS) is 1. The fraction of sp³-hybridized carbons (Fsp3) is 0.611. The number of carbonyl (C=O) groups is 1. The number of aliphatic carboxylic acids is 1. The largest absolute Gasteiger partial charge is 0.481 e. The van der Waals surface area contributed by atoms with E-state index in [9.17, 15) is 4.79 Å². The van der Waals surface area contributed by atoms with Gasteiger partial charge in [0.1, 0.15) is 0 Å². The number of fused-ring (bicyclic) bond motifs is 1. The fourth-order valence-electron chi connectivity index (χ4n) is 3.70. The van der Waals surface area contributed by atoms with Gasteiger partial charge in [0.2, 0.25) is 0 Å². The Morgan fingerprint density at radius 3 is 2.88 bits per heavy atom. The summed E-state index contributed by atoms with van der Waals surface area (Å²) in [6, 6.07) is 4.87. The van der Waals surface area contributed by atoms with E-state index in [1.165, 1.54) is 42.7 Å². The Balaban J connectivity index is 1.81. The molecule has 3 rings (SSSR count). The molecule has 0 aromatic heterocycles. The molecule has 1 aromatic carbocycles. The lowest BCUT2D eigenvalue weighted by Crippen LogP contribution is -2.39. The first kappa shape index (κ1) is 17.9. The van der Waals surface area contributed by atoms with Crippen LogP contribution in [-0.4, -0.2) is 30.2 Å². The third-order valence-corrected chi connectivity index (χ3v) is 6.17. The minimum Gasteiger partial charge on any atom is -0.481 e. The summed E-state index contributed by atoms with van der Waals surface area (Å²) < 4.78 is 3.43. The third-order valence-electron chi connectivity index (χ3n) is 4.93. The number of hydrogen-bond acceptors (Lipinski definition) is 4. The lowest BCUT2D eigenvalue weighted by Gasteiger charge is -2.36. The van der Waals surface area contributed by atoms with Crippen LogP contribution in [0.4, 0.5) is 5.69 Å². The van der Waals surface area contributed by atoms with Crippen molar-refractivity contribution < 1.29 is 9.90 Å². The lowest BCUT2D eigenvalue weighted by atomic mass is 9.93. The molecule has 0 unspecified atom stereocenters. The standard InChI is InChI=1S/C18H25ClN2O2S/c19-15-12-16-17(11-13(15)5-4-8-18(22)23)24-20-9-10-21(16)14-6-2-1-3-7-14/h11-12,14,20H,1-10H2,(H,22,23). The van der Waals surface area contributed by atoms with Gasteiger partial charge in [0.05, 0.1) is 5.69 Å². The molecular formula is C18H25ClN2O2S. The summed E-state index contributed by atoms with van der Waals surface area (Å²) in [5, 5.41) is 9.58. The molecule has 0 amide bonds. The summed E-state index contributed by atoms with van der Waals surface area (Å²) in [6.45, 7) is 1.97. The van der Waals surface area contributed by atoms with Gasteiger partial charge in [-0.3, -0.25) is 9.52 Å². The summed E-state index contributed by atoms with van der Waals surface area (Å²) in [5.41, 5.74) is 2.29. The van der Waals surface area contributed by atoms with Gasteiger partial charge < -0.3 is 10.0 Å². The van der Waals surface area contributed by atoms with E-state index in [0.29, 0.717) is 18.9 Å². The Morgan fingerprint density at radius 2 is 2.12 bits per heavy atom. The lowest BCUT2D eigenvalue weighted by molar-refractivity contribution is -0.137. The van der Waals surface area contributed by atoms with Crippen LogP contribution in [0.3, 0.4) is 0 Å². The number of anilines is 1. The Labute approximate surface area is 153 Å². The summed E-state index contributed by atoms with van der Waals surface area (Å²) in [4.78, 5) is 14.5. The number of aryl methyl sites for hydroxylation is 1. The van der Waals surface area contributed by atoms with Crippen LogP contribution in [0.15, 0.2) is 17.0 Å². The number of benzene rings is 1. The highest BCUT2D eigenvalue weighted by Crippen LogP contribution is 2.38. The second-order valence-electron chi connectivity index (χ2n) is 6.64. The first-order valence-electron chi connectivity index (χ1n) is 8.85. The summed E-state index contributed by atoms with van der Waals surface area (Å²) in [6.07, 6.45) is 8.04. The van der Waals surface area contributed by atoms with Crippen LogP contribution in [0.25, 0.3) is 0 Å². The normalized spacial score (nSPS) is 19.0. The minimum absolute atomic E-state index is 0.188. The predicted molar refractivity (Wildman–Crippen MR) is 100 cm³/mol. The van der Waals surface area contributed by atoms with Crippen molar-refractivity contribution in [2.45, 2.75) is 62.3 Å². The monoisotopic (exact) mass is 368 g/mol. The number of hydrogen-bond donors (Lipinski definition) is 2. The van der Waals surface area contributed by atoms with Gasteiger partial charge >= 0.3 is 5.97 Å². The van der Waals surface area contributed by atoms with E-state index in [-0.39, 0.29) is 6.42 Å². The topological polar surface area (TPSA) is 52.6 Å². The molecule has 0 spiro atoms. The third kappa shape index (κ3) is 4.38. The van der Waals surface area contributed by atoms with Crippen molar-refractivity contribution in [3.63, 3.8) is 0 Å². The maximum atomic E-state index is 10.7. The maximum Gasteiger partial charge on any atom is 0.303 e. The van der Waals surface area contributed by atoms with Crippen molar-refractivity contribution in [2.75, 3.05) is 18.0 Å². The van der Waals surface area contributed by atoms with E-state index in [4.69, 9.17) is 16.7 Å². The van der Waals surface area contributed by atoms with Crippen LogP contribution >= 0.6 is 23.5 Å². The molecule has 132 valence electrons. The molecule has 0 bridgehead atoms. The van der Waals surface area contributed by atoms with Crippen molar-refractivity contribution in [3.05, 3.63) is 22.7 Å². The Bertz CT molecular complexity index is 591. The molecule has 0 radical (unpaired) electrons. The molecule has 1 aliphatic carbocycles. The van der Waals surface area contributed by atoms with Crippen molar-refractivity contribution in [1.29, 1.82) is 0 Å². The van der Waals surface area contributed by atoms with Gasteiger partial charge in [-0.2, -0.15) is 0 Å². The highest BCUT2D eigenvalue weighted by Gasteiger charge is 2.26. The molecule has 1 fully saturated rings. The first-order valence-corrected chi connectivity index (χ1v) is 10.0. The summed E-state index contributed by atoms with van der Waals surface area (Å²) in [5.74, 6) is -0.750. The van der Waals surface area contributed by atoms with Crippen LogP contribution in [0.2, 0.25) is 5.02 Å². The molecular weight excluding hydrogens is 344 g/mol. The number of nitrogens with one attached hydrogen (secondary N) is 1. The zero-order chi connectivity index (χ0) is 16.9. The average molecular weight is 369 g/mol. The Kier molecular flexibility index (Phi) is 6.31. The SMILES string of the molecule is O=C(O)CCCc1cc2c(cc1Cl)N(C1CCCCC1)CCNS2. The molecule has 1 heterocycles. The van der Waals surface area contributed by atoms with Crippen molar-refractivity contribution in [2.24, 2.45) is 0 Å². The van der Waals surface area contributed by atoms with E-state index in [1.54, 1.807) is 11.9 Å². The second kappa shape index (κ2) is 8.45. The molecule has 4 nitrogen and oxygen atoms in total. The minimum atomic E-state index is -0.750. The highest BCUT2D eigenvalue weighted by molar-refractivity contribution is 7.97. The smallest absolute Gasteiger partial charge is 0.303 e. The number of carboxylic acids is 1. The van der Waals surface area contributed by atoms with Gasteiger partial charge in [0.15, 0.2) is 0 Å². The molecule has 24 heavy (non-hydrogen) atoms. The van der Waals surface area contributed by atoms with Gasteiger partial charge in [-0.15, -0.1) is 0 Å². The van der Waals surface area contributed by atoms with Gasteiger partial charge in [0.25, 0.3) is 0 Å². The van der Waals surface area contributed by atoms with Gasteiger partial charge in [-0.1, -0.05) is 30.9 Å². The highest BCUT2D eigenvalue weighted by atomic mass is 35.5. The molecule has 1 saturated carbocycles. The maximum absolute atomic E-state index is 10.7. The molecule has 1 aromatic rings. The van der Waals surface area contributed by atoms with Crippen LogP contribution in [0.5, 0.6) is 0 Å². The zero-order valence-electron chi connectivity index (χ0n) is 13.9. The van der Waals surface area contributed by atoms with E-state index >= 15 is 0 Å². The van der Waals surface area contributed by atoms with E-state index in [2.05, 4.69) is 21.8 Å².